The Balaban J connectivity index is 2.50. The number of nitrogens with zero attached hydrogens (tertiary/aromatic N) is 2. The number of halogens is 1. The van der Waals surface area contributed by atoms with Gasteiger partial charge in [0.05, 0.1) is 11.2 Å². The molecule has 1 atom stereocenters. The number of hydrogen-bond acceptors (Lipinski definition) is 3. The molecule has 1 aromatic carbocycles. The highest BCUT2D eigenvalue weighted by Crippen LogP contribution is 2.31. The normalized spacial score (nSPS) is 12.6. The zero-order chi connectivity index (χ0) is 14.7. The number of hydrogen-bond donors (Lipinski definition) is 1. The van der Waals surface area contributed by atoms with Crippen LogP contribution in [0.2, 0.25) is 0 Å². The molecule has 0 aliphatic heterocycles. The first-order valence-corrected chi connectivity index (χ1v) is 7.94. The van der Waals surface area contributed by atoms with Gasteiger partial charge in [0.2, 0.25) is 0 Å². The predicted molar refractivity (Wildman–Crippen MR) is 91.2 cm³/mol. The van der Waals surface area contributed by atoms with Gasteiger partial charge in [-0.05, 0) is 47.0 Å². The van der Waals surface area contributed by atoms with Crippen LogP contribution in [0.4, 0.5) is 11.4 Å². The highest BCUT2D eigenvalue weighted by atomic mass is 79.9. The maximum Gasteiger partial charge on any atom is 0.0956 e. The van der Waals surface area contributed by atoms with E-state index < -0.39 is 0 Å². The van der Waals surface area contributed by atoms with Crippen LogP contribution in [0.15, 0.2) is 28.9 Å². The summed E-state index contributed by atoms with van der Waals surface area (Å²) in [5.41, 5.74) is 9.01. The van der Waals surface area contributed by atoms with Crippen molar-refractivity contribution < 1.29 is 0 Å². The van der Waals surface area contributed by atoms with E-state index in [2.05, 4.69) is 52.7 Å². The van der Waals surface area contributed by atoms with Crippen LogP contribution in [0.3, 0.4) is 0 Å². The lowest BCUT2D eigenvalue weighted by atomic mass is 10.1. The van der Waals surface area contributed by atoms with Crippen LogP contribution in [0, 0.1) is 5.92 Å². The average Bonchev–Trinajstić information content (AvgIpc) is 2.46. The Morgan fingerprint density at radius 2 is 2.10 bits per heavy atom. The number of aromatic nitrogens is 1. The Morgan fingerprint density at radius 3 is 2.75 bits per heavy atom. The quantitative estimate of drug-likeness (QED) is 0.820. The van der Waals surface area contributed by atoms with E-state index in [-0.39, 0.29) is 0 Å². The predicted octanol–water partition coefficient (Wildman–Crippen LogP) is 4.45. The summed E-state index contributed by atoms with van der Waals surface area (Å²) in [5.74, 6) is 0.665. The Bertz CT molecular complexity index is 598. The van der Waals surface area contributed by atoms with Gasteiger partial charge >= 0.3 is 0 Å². The van der Waals surface area contributed by atoms with Gasteiger partial charge in [0.25, 0.3) is 0 Å². The van der Waals surface area contributed by atoms with Crippen LogP contribution in [0.25, 0.3) is 10.9 Å². The molecule has 1 unspecified atom stereocenters. The van der Waals surface area contributed by atoms with Crippen molar-refractivity contribution in [3.05, 3.63) is 28.9 Å². The maximum absolute atomic E-state index is 6.08. The van der Waals surface area contributed by atoms with Crippen LogP contribution in [0.5, 0.6) is 0 Å². The molecule has 3 nitrogen and oxygen atoms in total. The summed E-state index contributed by atoms with van der Waals surface area (Å²) in [7, 11) is 0. The van der Waals surface area contributed by atoms with Crippen molar-refractivity contribution in [3.63, 3.8) is 0 Å². The van der Waals surface area contributed by atoms with Crippen molar-refractivity contribution in [2.45, 2.75) is 27.2 Å². The molecule has 1 aromatic heterocycles. The Labute approximate surface area is 129 Å². The third kappa shape index (κ3) is 3.06. The molecule has 0 bridgehead atoms. The lowest BCUT2D eigenvalue weighted by Gasteiger charge is -2.27. The SMILES string of the molecule is CCC(C)CN(CC)c1ccc(N)c2cc(Br)cnc12. The highest BCUT2D eigenvalue weighted by molar-refractivity contribution is 9.10. The Hall–Kier alpha value is -1.29. The lowest BCUT2D eigenvalue weighted by Crippen LogP contribution is -2.28. The van der Waals surface area contributed by atoms with Gasteiger partial charge in [0.15, 0.2) is 0 Å². The van der Waals surface area contributed by atoms with Crippen molar-refractivity contribution in [2.75, 3.05) is 23.7 Å². The first kappa shape index (κ1) is 15.1. The number of fused-ring (bicyclic) bond motifs is 1. The number of benzene rings is 1. The summed E-state index contributed by atoms with van der Waals surface area (Å²) >= 11 is 3.47. The standard InChI is InChI=1S/C16H22BrN3/c1-4-11(3)10-20(5-2)15-7-6-14(18)13-8-12(17)9-19-16(13)15/h6-9,11H,4-5,10,18H2,1-3H3. The van der Waals surface area contributed by atoms with Crippen molar-refractivity contribution >= 4 is 38.2 Å². The molecule has 2 rings (SSSR count). The smallest absolute Gasteiger partial charge is 0.0956 e. The number of anilines is 2. The van der Waals surface area contributed by atoms with Gasteiger partial charge in [-0.15, -0.1) is 0 Å². The van der Waals surface area contributed by atoms with Gasteiger partial charge in [-0.2, -0.15) is 0 Å². The second-order valence-electron chi connectivity index (χ2n) is 5.28. The van der Waals surface area contributed by atoms with E-state index in [9.17, 15) is 0 Å². The van der Waals surface area contributed by atoms with Crippen molar-refractivity contribution in [1.29, 1.82) is 0 Å². The van der Waals surface area contributed by atoms with E-state index in [0.717, 1.165) is 34.2 Å². The second-order valence-corrected chi connectivity index (χ2v) is 6.19. The minimum Gasteiger partial charge on any atom is -0.398 e. The van der Waals surface area contributed by atoms with Crippen molar-refractivity contribution in [2.24, 2.45) is 5.92 Å². The highest BCUT2D eigenvalue weighted by Gasteiger charge is 2.13. The largest absolute Gasteiger partial charge is 0.398 e. The van der Waals surface area contributed by atoms with E-state index >= 15 is 0 Å². The third-order valence-corrected chi connectivity index (χ3v) is 4.21. The summed E-state index contributed by atoms with van der Waals surface area (Å²) in [6.07, 6.45) is 3.02. The summed E-state index contributed by atoms with van der Waals surface area (Å²) in [6, 6.07) is 6.10. The molecule has 2 aromatic rings. The fourth-order valence-electron chi connectivity index (χ4n) is 2.36. The van der Waals surface area contributed by atoms with Gasteiger partial charge in [0.1, 0.15) is 0 Å². The van der Waals surface area contributed by atoms with Crippen LogP contribution < -0.4 is 10.6 Å². The van der Waals surface area contributed by atoms with Crippen LogP contribution >= 0.6 is 15.9 Å². The molecule has 0 aliphatic rings. The monoisotopic (exact) mass is 335 g/mol. The van der Waals surface area contributed by atoms with E-state index in [4.69, 9.17) is 5.73 Å². The minimum absolute atomic E-state index is 0.665. The first-order valence-electron chi connectivity index (χ1n) is 7.15. The molecule has 0 spiro atoms. The maximum atomic E-state index is 6.08. The fourth-order valence-corrected chi connectivity index (χ4v) is 2.69. The number of pyridine rings is 1. The van der Waals surface area contributed by atoms with Gasteiger partial charge in [0, 0.05) is 34.8 Å². The topological polar surface area (TPSA) is 42.1 Å². The Kier molecular flexibility index (Phi) is 4.86. The van der Waals surface area contributed by atoms with Gasteiger partial charge in [-0.3, -0.25) is 4.98 Å². The zero-order valence-electron chi connectivity index (χ0n) is 12.4. The van der Waals surface area contributed by atoms with E-state index in [1.165, 1.54) is 12.1 Å². The zero-order valence-corrected chi connectivity index (χ0v) is 13.9. The molecule has 108 valence electrons. The van der Waals surface area contributed by atoms with Crippen LogP contribution in [0.1, 0.15) is 27.2 Å². The van der Waals surface area contributed by atoms with Crippen molar-refractivity contribution in [3.8, 4) is 0 Å². The minimum atomic E-state index is 0.665. The van der Waals surface area contributed by atoms with Crippen molar-refractivity contribution in [1.82, 2.24) is 4.98 Å². The second kappa shape index (κ2) is 6.44. The molecule has 1 heterocycles. The molecule has 0 fully saturated rings. The number of rotatable bonds is 5. The van der Waals surface area contributed by atoms with Gasteiger partial charge < -0.3 is 10.6 Å². The van der Waals surface area contributed by atoms with Gasteiger partial charge in [-0.25, -0.2) is 0 Å². The molecular weight excluding hydrogens is 314 g/mol. The molecule has 0 radical (unpaired) electrons. The summed E-state index contributed by atoms with van der Waals surface area (Å²) in [5, 5.41) is 1.01. The number of nitrogen functional groups attached to an aromatic ring is 1. The van der Waals surface area contributed by atoms with Crippen LogP contribution in [-0.4, -0.2) is 18.1 Å². The van der Waals surface area contributed by atoms with E-state index in [0.29, 0.717) is 5.92 Å². The molecule has 0 amide bonds. The van der Waals surface area contributed by atoms with E-state index in [1.54, 1.807) is 0 Å². The molecule has 0 aliphatic carbocycles. The lowest BCUT2D eigenvalue weighted by molar-refractivity contribution is 0.548. The first-order chi connectivity index (χ1) is 9.56. The number of nitrogens with two attached hydrogens (primary N) is 1. The fraction of sp³-hybridized carbons (Fsp3) is 0.438. The molecule has 2 N–H and O–H groups in total. The molecule has 20 heavy (non-hydrogen) atoms. The average molecular weight is 336 g/mol. The Morgan fingerprint density at radius 1 is 1.35 bits per heavy atom. The van der Waals surface area contributed by atoms with E-state index in [1.807, 2.05) is 18.3 Å². The summed E-state index contributed by atoms with van der Waals surface area (Å²) in [4.78, 5) is 6.96. The summed E-state index contributed by atoms with van der Waals surface area (Å²) < 4.78 is 0.957. The van der Waals surface area contributed by atoms with Gasteiger partial charge in [-0.1, -0.05) is 20.3 Å². The third-order valence-electron chi connectivity index (χ3n) is 3.78. The molecule has 0 saturated carbocycles. The molecule has 4 heteroatoms. The summed E-state index contributed by atoms with van der Waals surface area (Å²) in [6.45, 7) is 8.72. The molecule has 0 saturated heterocycles. The molecular formula is C16H22BrN3. The van der Waals surface area contributed by atoms with Crippen LogP contribution in [-0.2, 0) is 0 Å².